The summed E-state index contributed by atoms with van der Waals surface area (Å²) in [5, 5.41) is 3.15. The number of H-pyrrole nitrogens is 1. The number of fused-ring (bicyclic) bond motifs is 1. The highest BCUT2D eigenvalue weighted by Crippen LogP contribution is 2.28. The van der Waals surface area contributed by atoms with Crippen molar-refractivity contribution in [3.63, 3.8) is 0 Å². The second-order valence-electron chi connectivity index (χ2n) is 4.31. The van der Waals surface area contributed by atoms with Gasteiger partial charge >= 0.3 is 0 Å². The molecule has 0 saturated carbocycles. The van der Waals surface area contributed by atoms with Gasteiger partial charge in [0.25, 0.3) is 0 Å². The first-order chi connectivity index (χ1) is 9.06. The van der Waals surface area contributed by atoms with Gasteiger partial charge in [0.15, 0.2) is 17.5 Å². The van der Waals surface area contributed by atoms with E-state index in [9.17, 15) is 13.2 Å². The first-order valence-electron chi connectivity index (χ1n) is 5.90. The second kappa shape index (κ2) is 5.63. The molecule has 1 aromatic heterocycles. The third kappa shape index (κ3) is 2.59. The van der Waals surface area contributed by atoms with Crippen LogP contribution in [-0.4, -0.2) is 25.2 Å². The number of ether oxygens (including phenoxy) is 1. The van der Waals surface area contributed by atoms with E-state index in [4.69, 9.17) is 4.74 Å². The van der Waals surface area contributed by atoms with Crippen molar-refractivity contribution in [2.75, 3.05) is 20.3 Å². The van der Waals surface area contributed by atoms with E-state index < -0.39 is 17.5 Å². The van der Waals surface area contributed by atoms with E-state index in [2.05, 4.69) is 10.3 Å². The fourth-order valence-electron chi connectivity index (χ4n) is 2.06. The number of aromatic nitrogens is 1. The Balaban J connectivity index is 2.37. The van der Waals surface area contributed by atoms with Gasteiger partial charge in [0.1, 0.15) is 0 Å². The van der Waals surface area contributed by atoms with Crippen molar-refractivity contribution < 1.29 is 17.9 Å². The summed E-state index contributed by atoms with van der Waals surface area (Å²) in [6.45, 7) is 3.21. The van der Waals surface area contributed by atoms with Crippen LogP contribution in [0.25, 0.3) is 10.9 Å². The predicted molar refractivity (Wildman–Crippen MR) is 66.5 cm³/mol. The number of aryl methyl sites for hydroxylation is 1. The minimum atomic E-state index is -1.44. The Morgan fingerprint density at radius 2 is 2.00 bits per heavy atom. The average molecular weight is 272 g/mol. The number of hydrogen-bond donors (Lipinski definition) is 2. The van der Waals surface area contributed by atoms with E-state index in [-0.39, 0.29) is 10.9 Å². The number of benzene rings is 1. The van der Waals surface area contributed by atoms with Gasteiger partial charge in [-0.2, -0.15) is 0 Å². The molecule has 6 heteroatoms. The number of aromatic amines is 1. The van der Waals surface area contributed by atoms with E-state index in [1.807, 2.05) is 0 Å². The summed E-state index contributed by atoms with van der Waals surface area (Å²) < 4.78 is 45.1. The first-order valence-corrected chi connectivity index (χ1v) is 5.90. The number of methoxy groups -OCH3 is 1. The fourth-order valence-corrected chi connectivity index (χ4v) is 2.06. The van der Waals surface area contributed by atoms with Gasteiger partial charge in [-0.1, -0.05) is 0 Å². The van der Waals surface area contributed by atoms with Crippen LogP contribution in [0, 0.1) is 24.4 Å². The monoisotopic (exact) mass is 272 g/mol. The molecule has 0 atom stereocenters. The highest BCUT2D eigenvalue weighted by Gasteiger charge is 2.19. The molecule has 0 spiro atoms. The number of halogens is 3. The molecular weight excluding hydrogens is 257 g/mol. The summed E-state index contributed by atoms with van der Waals surface area (Å²) in [7, 11) is 1.58. The second-order valence-corrected chi connectivity index (χ2v) is 4.31. The number of nitrogens with one attached hydrogen (secondary N) is 2. The van der Waals surface area contributed by atoms with Crippen LogP contribution in [0.4, 0.5) is 13.2 Å². The first kappa shape index (κ1) is 13.9. The van der Waals surface area contributed by atoms with E-state index in [1.54, 1.807) is 14.0 Å². The van der Waals surface area contributed by atoms with Crippen LogP contribution in [0.5, 0.6) is 0 Å². The molecule has 1 aromatic carbocycles. The highest BCUT2D eigenvalue weighted by atomic mass is 19.2. The van der Waals surface area contributed by atoms with Crippen molar-refractivity contribution in [1.29, 1.82) is 0 Å². The third-order valence-corrected chi connectivity index (χ3v) is 3.02. The summed E-state index contributed by atoms with van der Waals surface area (Å²) in [6, 6.07) is 0.972. The van der Waals surface area contributed by atoms with Gasteiger partial charge in [-0.3, -0.25) is 0 Å². The Bertz CT molecular complexity index is 595. The zero-order valence-electron chi connectivity index (χ0n) is 10.7. The van der Waals surface area contributed by atoms with Crippen molar-refractivity contribution >= 4 is 10.9 Å². The summed E-state index contributed by atoms with van der Waals surface area (Å²) in [5.74, 6) is -3.78. The maximum atomic E-state index is 13.8. The molecule has 0 amide bonds. The molecule has 3 nitrogen and oxygen atoms in total. The quantitative estimate of drug-likeness (QED) is 0.648. The van der Waals surface area contributed by atoms with Crippen LogP contribution in [-0.2, 0) is 11.3 Å². The predicted octanol–water partition coefficient (Wildman–Crippen LogP) is 2.63. The van der Waals surface area contributed by atoms with Crippen molar-refractivity contribution in [2.24, 2.45) is 0 Å². The number of rotatable bonds is 5. The normalized spacial score (nSPS) is 11.4. The molecule has 0 aliphatic heterocycles. The van der Waals surface area contributed by atoms with Crippen LogP contribution in [0.15, 0.2) is 6.07 Å². The maximum absolute atomic E-state index is 13.8. The fraction of sp³-hybridized carbons (Fsp3) is 0.385. The Kier molecular flexibility index (Phi) is 4.11. The molecule has 2 rings (SSSR count). The summed E-state index contributed by atoms with van der Waals surface area (Å²) in [5.41, 5.74) is 1.55. The molecule has 1 heterocycles. The van der Waals surface area contributed by atoms with Crippen molar-refractivity contribution in [3.05, 3.63) is 34.8 Å². The smallest absolute Gasteiger partial charge is 0.195 e. The van der Waals surface area contributed by atoms with Gasteiger partial charge in [0, 0.05) is 37.3 Å². The van der Waals surface area contributed by atoms with Gasteiger partial charge in [0.2, 0.25) is 0 Å². The van der Waals surface area contributed by atoms with Crippen LogP contribution in [0.1, 0.15) is 11.3 Å². The molecule has 0 fully saturated rings. The van der Waals surface area contributed by atoms with Gasteiger partial charge in [-0.25, -0.2) is 13.2 Å². The van der Waals surface area contributed by atoms with E-state index in [0.29, 0.717) is 31.0 Å². The molecule has 2 aromatic rings. The van der Waals surface area contributed by atoms with Gasteiger partial charge in [-0.15, -0.1) is 0 Å². The molecule has 0 saturated heterocycles. The van der Waals surface area contributed by atoms with Gasteiger partial charge < -0.3 is 15.0 Å². The number of hydrogen-bond acceptors (Lipinski definition) is 2. The minimum absolute atomic E-state index is 0.0984. The topological polar surface area (TPSA) is 37.0 Å². The standard InChI is InChI=1S/C13H15F3N2O/c1-7-8(6-17-3-4-19-2)11-10(18-7)5-9(14)12(15)13(11)16/h5,17-18H,3-4,6H2,1-2H3. The lowest BCUT2D eigenvalue weighted by atomic mass is 10.1. The SMILES string of the molecule is COCCNCc1c(C)[nH]c2cc(F)c(F)c(F)c12. The average Bonchev–Trinajstić information content (AvgIpc) is 2.68. The molecule has 0 aliphatic rings. The minimum Gasteiger partial charge on any atom is -0.383 e. The van der Waals surface area contributed by atoms with Gasteiger partial charge in [-0.05, 0) is 12.5 Å². The lowest BCUT2D eigenvalue weighted by molar-refractivity contribution is 0.199. The largest absolute Gasteiger partial charge is 0.383 e. The zero-order valence-corrected chi connectivity index (χ0v) is 10.7. The van der Waals surface area contributed by atoms with Crippen molar-refractivity contribution in [1.82, 2.24) is 10.3 Å². The lowest BCUT2D eigenvalue weighted by Crippen LogP contribution is -2.19. The third-order valence-electron chi connectivity index (χ3n) is 3.02. The van der Waals surface area contributed by atoms with Crippen LogP contribution >= 0.6 is 0 Å². The van der Waals surface area contributed by atoms with Crippen LogP contribution in [0.2, 0.25) is 0 Å². The lowest BCUT2D eigenvalue weighted by Gasteiger charge is -2.05. The van der Waals surface area contributed by atoms with E-state index in [1.165, 1.54) is 0 Å². The summed E-state index contributed by atoms with van der Waals surface area (Å²) in [6.07, 6.45) is 0. The van der Waals surface area contributed by atoms with Gasteiger partial charge in [0.05, 0.1) is 12.1 Å². The molecule has 0 bridgehead atoms. The van der Waals surface area contributed by atoms with E-state index >= 15 is 0 Å². The molecule has 0 aliphatic carbocycles. The molecule has 19 heavy (non-hydrogen) atoms. The van der Waals surface area contributed by atoms with Crippen LogP contribution < -0.4 is 5.32 Å². The highest BCUT2D eigenvalue weighted by molar-refractivity contribution is 5.85. The van der Waals surface area contributed by atoms with E-state index in [0.717, 1.165) is 6.07 Å². The molecule has 0 radical (unpaired) electrons. The molecule has 0 unspecified atom stereocenters. The van der Waals surface area contributed by atoms with Crippen LogP contribution in [0.3, 0.4) is 0 Å². The van der Waals surface area contributed by atoms with Crippen molar-refractivity contribution in [3.8, 4) is 0 Å². The Morgan fingerprint density at radius 1 is 1.26 bits per heavy atom. The Labute approximate surface area is 108 Å². The molecule has 2 N–H and O–H groups in total. The molecular formula is C13H15F3N2O. The Hall–Kier alpha value is -1.53. The summed E-state index contributed by atoms with van der Waals surface area (Å²) in [4.78, 5) is 2.86. The Morgan fingerprint density at radius 3 is 2.68 bits per heavy atom. The molecule has 104 valence electrons. The van der Waals surface area contributed by atoms with Crippen molar-refractivity contribution in [2.45, 2.75) is 13.5 Å². The maximum Gasteiger partial charge on any atom is 0.195 e. The summed E-state index contributed by atoms with van der Waals surface area (Å²) >= 11 is 0. The zero-order chi connectivity index (χ0) is 14.0.